The van der Waals surface area contributed by atoms with Crippen molar-refractivity contribution in [2.24, 2.45) is 0 Å². The summed E-state index contributed by atoms with van der Waals surface area (Å²) >= 11 is 1.67. The highest BCUT2D eigenvalue weighted by molar-refractivity contribution is 7.16. The molecule has 4 rings (SSSR count). The molecule has 0 bridgehead atoms. The van der Waals surface area contributed by atoms with Crippen LogP contribution in [0.25, 0.3) is 15.9 Å². The van der Waals surface area contributed by atoms with Gasteiger partial charge in [0.15, 0.2) is 5.82 Å². The van der Waals surface area contributed by atoms with Crippen LogP contribution in [0, 0.1) is 0 Å². The zero-order valence-corrected chi connectivity index (χ0v) is 11.2. The van der Waals surface area contributed by atoms with E-state index in [9.17, 15) is 0 Å². The molecule has 4 nitrogen and oxygen atoms in total. The smallest absolute Gasteiger partial charge is 0.162 e. The number of hydrogen-bond donors (Lipinski definition) is 0. The highest BCUT2D eigenvalue weighted by Gasteiger charge is 2.13. The van der Waals surface area contributed by atoms with Crippen molar-refractivity contribution in [1.82, 2.24) is 14.3 Å². The molecular weight excluding hydrogens is 256 g/mol. The van der Waals surface area contributed by atoms with Crippen molar-refractivity contribution < 1.29 is 0 Å². The summed E-state index contributed by atoms with van der Waals surface area (Å²) in [6.07, 6.45) is 10.2. The molecule has 0 unspecified atom stereocenters. The average Bonchev–Trinajstić information content (AvgIpc) is 3.06. The van der Waals surface area contributed by atoms with Crippen LogP contribution in [0.2, 0.25) is 0 Å². The summed E-state index contributed by atoms with van der Waals surface area (Å²) < 4.78 is 2.19. The van der Waals surface area contributed by atoms with Gasteiger partial charge in [-0.2, -0.15) is 0 Å². The van der Waals surface area contributed by atoms with Gasteiger partial charge < -0.3 is 14.2 Å². The summed E-state index contributed by atoms with van der Waals surface area (Å²) in [7, 11) is 2.01. The topological polar surface area (TPSA) is 23.8 Å². The van der Waals surface area contributed by atoms with E-state index in [1.807, 2.05) is 36.7 Å². The van der Waals surface area contributed by atoms with Crippen LogP contribution in [-0.2, 0) is 0 Å². The van der Waals surface area contributed by atoms with Crippen LogP contribution in [0.4, 0.5) is 5.82 Å². The van der Waals surface area contributed by atoms with Crippen molar-refractivity contribution in [3.05, 3.63) is 54.6 Å². The molecule has 3 aromatic rings. The number of anilines is 1. The maximum atomic E-state index is 4.79. The molecule has 0 spiro atoms. The molecule has 0 fully saturated rings. The lowest BCUT2D eigenvalue weighted by molar-refractivity contribution is 0.612. The maximum Gasteiger partial charge on any atom is 0.162 e. The molecule has 0 N–H and O–H groups in total. The molecular formula is C14H12N4S. The second-order valence-electron chi connectivity index (χ2n) is 4.48. The molecule has 4 heterocycles. The molecule has 1 aliphatic heterocycles. The summed E-state index contributed by atoms with van der Waals surface area (Å²) in [4.78, 5) is 9.90. The first-order valence-corrected chi connectivity index (χ1v) is 6.92. The minimum atomic E-state index is 0.959. The van der Waals surface area contributed by atoms with E-state index < -0.39 is 0 Å². The fraction of sp³-hybridized carbons (Fsp3) is 0.0714. The predicted molar refractivity (Wildman–Crippen MR) is 79.1 cm³/mol. The minimum Gasteiger partial charge on any atom is -0.354 e. The van der Waals surface area contributed by atoms with E-state index in [0.29, 0.717) is 0 Å². The first-order valence-electron chi connectivity index (χ1n) is 6.04. The van der Waals surface area contributed by atoms with E-state index in [2.05, 4.69) is 39.1 Å². The van der Waals surface area contributed by atoms with Crippen molar-refractivity contribution in [3.8, 4) is 0 Å². The maximum absolute atomic E-state index is 4.79. The lowest BCUT2D eigenvalue weighted by atomic mass is 10.4. The summed E-state index contributed by atoms with van der Waals surface area (Å²) in [6, 6.07) is 6.26. The lowest BCUT2D eigenvalue weighted by Crippen LogP contribution is -2.17. The highest BCUT2D eigenvalue weighted by atomic mass is 32.1. The Morgan fingerprint density at radius 1 is 1.05 bits per heavy atom. The third kappa shape index (κ3) is 1.55. The normalized spacial score (nSPS) is 15.0. The van der Waals surface area contributed by atoms with Gasteiger partial charge in [-0.05, 0) is 23.6 Å². The van der Waals surface area contributed by atoms with Gasteiger partial charge in [-0.3, -0.25) is 0 Å². The van der Waals surface area contributed by atoms with Crippen LogP contribution in [0.5, 0.6) is 0 Å². The van der Waals surface area contributed by atoms with E-state index in [1.54, 1.807) is 11.3 Å². The summed E-state index contributed by atoms with van der Waals surface area (Å²) in [5.41, 5.74) is 2.28. The number of nitrogens with zero attached hydrogens (tertiary/aromatic N) is 4. The van der Waals surface area contributed by atoms with Gasteiger partial charge in [-0.25, -0.2) is 4.98 Å². The van der Waals surface area contributed by atoms with Crippen LogP contribution in [0.15, 0.2) is 54.6 Å². The van der Waals surface area contributed by atoms with Crippen LogP contribution in [0.1, 0.15) is 0 Å². The Bertz CT molecular complexity index is 797. The molecule has 0 amide bonds. The number of rotatable bonds is 1. The summed E-state index contributed by atoms with van der Waals surface area (Å²) in [6.45, 7) is 0. The Morgan fingerprint density at radius 3 is 2.74 bits per heavy atom. The van der Waals surface area contributed by atoms with Crippen LogP contribution in [0.3, 0.4) is 0 Å². The van der Waals surface area contributed by atoms with Gasteiger partial charge in [0.1, 0.15) is 4.83 Å². The fourth-order valence-electron chi connectivity index (χ4n) is 2.27. The molecule has 1 aliphatic rings. The molecule has 19 heavy (non-hydrogen) atoms. The first-order chi connectivity index (χ1) is 9.33. The monoisotopic (exact) mass is 268 g/mol. The number of hydrogen-bond acceptors (Lipinski definition) is 4. The molecule has 0 atom stereocenters. The third-order valence-electron chi connectivity index (χ3n) is 3.24. The first kappa shape index (κ1) is 10.6. The van der Waals surface area contributed by atoms with Crippen molar-refractivity contribution in [1.29, 1.82) is 0 Å². The van der Waals surface area contributed by atoms with Crippen molar-refractivity contribution in [3.63, 3.8) is 0 Å². The Morgan fingerprint density at radius 2 is 1.89 bits per heavy atom. The minimum absolute atomic E-state index is 0.959. The molecule has 0 aromatic carbocycles. The SMILES string of the molecule is CN1C=CN(c2nc3sccc3n3cccc23)C=C1. The zero-order valence-electron chi connectivity index (χ0n) is 10.4. The van der Waals surface area contributed by atoms with Gasteiger partial charge in [-0.15, -0.1) is 11.3 Å². The van der Waals surface area contributed by atoms with E-state index in [1.165, 1.54) is 0 Å². The Hall–Kier alpha value is -2.27. The molecule has 0 aliphatic carbocycles. The van der Waals surface area contributed by atoms with Crippen LogP contribution < -0.4 is 4.90 Å². The van der Waals surface area contributed by atoms with E-state index in [-0.39, 0.29) is 0 Å². The second kappa shape index (κ2) is 3.86. The number of aromatic nitrogens is 2. The van der Waals surface area contributed by atoms with Crippen molar-refractivity contribution in [2.75, 3.05) is 11.9 Å². The van der Waals surface area contributed by atoms with E-state index in [0.717, 1.165) is 21.7 Å². The molecule has 5 heteroatoms. The molecule has 94 valence electrons. The van der Waals surface area contributed by atoms with Gasteiger partial charge >= 0.3 is 0 Å². The Kier molecular flexibility index (Phi) is 2.16. The number of thiophene rings is 1. The van der Waals surface area contributed by atoms with Crippen LogP contribution >= 0.6 is 11.3 Å². The highest BCUT2D eigenvalue weighted by Crippen LogP contribution is 2.29. The van der Waals surface area contributed by atoms with E-state index >= 15 is 0 Å². The molecule has 0 saturated carbocycles. The van der Waals surface area contributed by atoms with Crippen molar-refractivity contribution >= 4 is 33.0 Å². The third-order valence-corrected chi connectivity index (χ3v) is 4.03. The summed E-state index contributed by atoms with van der Waals surface area (Å²) in [5, 5.41) is 2.08. The number of fused-ring (bicyclic) bond motifs is 3. The standard InChI is InChI=1S/C14H12N4S/c1-16-6-8-17(9-7-16)13-11-3-2-5-18(11)12-4-10-19-14(12)15-13/h2-10H,1H3. The Labute approximate surface area is 114 Å². The Balaban J connectivity index is 1.99. The fourth-order valence-corrected chi connectivity index (χ4v) is 3.02. The average molecular weight is 268 g/mol. The molecule has 3 aromatic heterocycles. The predicted octanol–water partition coefficient (Wildman–Crippen LogP) is 3.24. The zero-order chi connectivity index (χ0) is 12.8. The van der Waals surface area contributed by atoms with Crippen LogP contribution in [-0.4, -0.2) is 21.3 Å². The second-order valence-corrected chi connectivity index (χ2v) is 5.37. The van der Waals surface area contributed by atoms with Gasteiger partial charge in [0.05, 0.1) is 11.0 Å². The quantitative estimate of drug-likeness (QED) is 0.677. The molecule has 0 radical (unpaired) electrons. The van der Waals surface area contributed by atoms with E-state index in [4.69, 9.17) is 4.98 Å². The van der Waals surface area contributed by atoms with Gasteiger partial charge in [0, 0.05) is 38.0 Å². The lowest BCUT2D eigenvalue weighted by Gasteiger charge is -2.22. The molecule has 0 saturated heterocycles. The van der Waals surface area contributed by atoms with Crippen molar-refractivity contribution in [2.45, 2.75) is 0 Å². The van der Waals surface area contributed by atoms with Gasteiger partial charge in [-0.1, -0.05) is 0 Å². The largest absolute Gasteiger partial charge is 0.354 e. The van der Waals surface area contributed by atoms with Gasteiger partial charge in [0.2, 0.25) is 0 Å². The van der Waals surface area contributed by atoms with Gasteiger partial charge in [0.25, 0.3) is 0 Å². The summed E-state index contributed by atoms with van der Waals surface area (Å²) in [5.74, 6) is 0.959.